The van der Waals surface area contributed by atoms with Crippen LogP contribution in [0.5, 0.6) is 0 Å². The lowest BCUT2D eigenvalue weighted by Gasteiger charge is -1.96. The lowest BCUT2D eigenvalue weighted by Crippen LogP contribution is -1.82. The van der Waals surface area contributed by atoms with Crippen LogP contribution >= 0.6 is 33.9 Å². The lowest BCUT2D eigenvalue weighted by molar-refractivity contribution is 0.110. The van der Waals surface area contributed by atoms with E-state index in [1.807, 2.05) is 12.1 Å². The van der Waals surface area contributed by atoms with E-state index in [-0.39, 0.29) is 3.79 Å². The fourth-order valence-corrected chi connectivity index (χ4v) is 2.44. The summed E-state index contributed by atoms with van der Waals surface area (Å²) >= 11 is 3.19. The number of carbonyl (C=O) groups excluding carboxylic acids is 1. The molecule has 0 unspecified atom stereocenters. The Kier molecular flexibility index (Phi) is 3.16. The van der Waals surface area contributed by atoms with E-state index in [4.69, 9.17) is 0 Å². The molecule has 76 valence electrons. The normalized spacial score (nSPS) is 10.3. The van der Waals surface area contributed by atoms with Gasteiger partial charge in [-0.1, -0.05) is 29.8 Å². The fourth-order valence-electron chi connectivity index (χ4n) is 1.22. The van der Waals surface area contributed by atoms with E-state index in [9.17, 15) is 4.79 Å². The van der Waals surface area contributed by atoms with Gasteiger partial charge in [-0.3, -0.25) is 4.79 Å². The van der Waals surface area contributed by atoms with Crippen LogP contribution in [0, 0.1) is 6.92 Å². The van der Waals surface area contributed by atoms with Crippen LogP contribution in [0.25, 0.3) is 10.4 Å². The maximum Gasteiger partial charge on any atom is 0.250 e. The molecule has 0 fully saturated rings. The van der Waals surface area contributed by atoms with E-state index < -0.39 is 0 Å². The van der Waals surface area contributed by atoms with Gasteiger partial charge < -0.3 is 0 Å². The molecule has 0 bridgehead atoms. The molecule has 2 rings (SSSR count). The monoisotopic (exact) mass is 329 g/mol. The molecule has 15 heavy (non-hydrogen) atoms. The first-order valence-corrected chi connectivity index (χ1v) is 6.29. The molecule has 2 aromatic rings. The summed E-state index contributed by atoms with van der Waals surface area (Å²) in [6, 6.07) is 8.20. The number of hydrogen-bond acceptors (Lipinski definition) is 3. The Morgan fingerprint density at radius 1 is 1.33 bits per heavy atom. The van der Waals surface area contributed by atoms with Crippen LogP contribution in [0.1, 0.15) is 15.4 Å². The van der Waals surface area contributed by atoms with Gasteiger partial charge in [-0.15, -0.1) is 11.3 Å². The molecule has 0 aliphatic rings. The molecule has 0 radical (unpaired) electrons. The zero-order valence-electron chi connectivity index (χ0n) is 8.03. The minimum Gasteiger partial charge on any atom is -0.279 e. The zero-order valence-corrected chi connectivity index (χ0v) is 11.0. The third-order valence-electron chi connectivity index (χ3n) is 2.01. The quantitative estimate of drug-likeness (QED) is 0.621. The van der Waals surface area contributed by atoms with E-state index in [2.05, 4.69) is 24.0 Å². The highest BCUT2D eigenvalue weighted by atomic mass is 127. The number of rotatable bonds is 2. The summed E-state index contributed by atoms with van der Waals surface area (Å²) in [6.45, 7) is 2.05. The van der Waals surface area contributed by atoms with Crippen LogP contribution in [-0.2, 0) is 0 Å². The summed E-state index contributed by atoms with van der Waals surface area (Å²) in [5.74, 6) is 0. The maximum absolute atomic E-state index is 11.1. The zero-order chi connectivity index (χ0) is 10.8. The summed E-state index contributed by atoms with van der Waals surface area (Å²) in [7, 11) is 0. The smallest absolute Gasteiger partial charge is 0.250 e. The molecule has 0 aliphatic heterocycles. The molecule has 0 saturated carbocycles. The molecule has 0 N–H and O–H groups in total. The maximum atomic E-state index is 11.1. The Morgan fingerprint density at radius 3 is 2.53 bits per heavy atom. The number of halogens is 1. The van der Waals surface area contributed by atoms with Crippen molar-refractivity contribution in [2.24, 2.45) is 0 Å². The van der Waals surface area contributed by atoms with Crippen molar-refractivity contribution in [2.75, 3.05) is 0 Å². The molecular weight excluding hydrogens is 321 g/mol. The minimum atomic E-state index is -0.00374. The number of carbonyl (C=O) groups is 1. The van der Waals surface area contributed by atoms with Gasteiger partial charge in [-0.05, 0) is 12.5 Å². The predicted molar refractivity (Wildman–Crippen MR) is 70.6 cm³/mol. The molecule has 0 saturated heterocycles. The molecule has 1 aromatic heterocycles. The number of hydrogen-bond donors (Lipinski definition) is 0. The van der Waals surface area contributed by atoms with Crippen molar-refractivity contribution in [2.45, 2.75) is 6.92 Å². The van der Waals surface area contributed by atoms with Gasteiger partial charge in [0.1, 0.15) is 0 Å². The molecule has 1 heterocycles. The first-order chi connectivity index (χ1) is 7.16. The van der Waals surface area contributed by atoms with E-state index in [1.54, 1.807) is 28.8 Å². The van der Waals surface area contributed by atoms with Crippen molar-refractivity contribution in [3.05, 3.63) is 41.0 Å². The van der Waals surface area contributed by atoms with Crippen LogP contribution < -0.4 is 0 Å². The highest BCUT2D eigenvalue weighted by Crippen LogP contribution is 2.27. The van der Waals surface area contributed by atoms with Crippen molar-refractivity contribution in [3.63, 3.8) is 0 Å². The Labute approximate surface area is 106 Å². The van der Waals surface area contributed by atoms with Crippen LogP contribution in [0.3, 0.4) is 0 Å². The van der Waals surface area contributed by atoms with Gasteiger partial charge in [0.2, 0.25) is 0 Å². The molecule has 0 spiro atoms. The van der Waals surface area contributed by atoms with Gasteiger partial charge in [-0.25, -0.2) is 4.98 Å². The predicted octanol–water partition coefficient (Wildman–Crippen LogP) is 3.69. The second-order valence-electron chi connectivity index (χ2n) is 3.17. The second-order valence-corrected chi connectivity index (χ2v) is 5.18. The molecule has 0 aliphatic carbocycles. The largest absolute Gasteiger partial charge is 0.279 e. The van der Waals surface area contributed by atoms with Crippen LogP contribution in [-0.4, -0.2) is 8.77 Å². The molecular formula is C11H8INOS. The molecule has 1 aromatic carbocycles. The Bertz CT molecular complexity index is 490. The molecule has 2 nitrogen and oxygen atoms in total. The van der Waals surface area contributed by atoms with Gasteiger partial charge in [0.15, 0.2) is 5.01 Å². The number of nitrogens with zero attached hydrogens (tertiary/aromatic N) is 1. The van der Waals surface area contributed by atoms with Crippen LogP contribution in [0.15, 0.2) is 30.5 Å². The van der Waals surface area contributed by atoms with E-state index in [0.29, 0.717) is 5.01 Å². The average Bonchev–Trinajstić information content (AvgIpc) is 2.68. The minimum absolute atomic E-state index is 0.00374. The SMILES string of the molecule is Cc1ccc(-c2cnc(C(=O)I)s2)cc1. The van der Waals surface area contributed by atoms with E-state index in [0.717, 1.165) is 10.4 Å². The summed E-state index contributed by atoms with van der Waals surface area (Å²) in [5, 5.41) is 0.561. The Balaban J connectivity index is 2.37. The Morgan fingerprint density at radius 2 is 2.00 bits per heavy atom. The highest BCUT2D eigenvalue weighted by molar-refractivity contribution is 14.1. The summed E-state index contributed by atoms with van der Waals surface area (Å²) < 4.78 is -0.00374. The standard InChI is InChI=1S/C11H8INOS/c1-7-2-4-8(5-3-7)9-6-13-11(15-9)10(12)14/h2-6H,1H3. The van der Waals surface area contributed by atoms with Gasteiger partial charge in [0.25, 0.3) is 3.79 Å². The molecule has 0 amide bonds. The second kappa shape index (κ2) is 4.40. The van der Waals surface area contributed by atoms with Gasteiger partial charge in [-0.2, -0.15) is 0 Å². The number of benzene rings is 1. The van der Waals surface area contributed by atoms with Gasteiger partial charge in [0.05, 0.1) is 4.88 Å². The summed E-state index contributed by atoms with van der Waals surface area (Å²) in [5.41, 5.74) is 2.34. The van der Waals surface area contributed by atoms with E-state index >= 15 is 0 Å². The van der Waals surface area contributed by atoms with Crippen molar-refractivity contribution in [1.82, 2.24) is 4.98 Å². The summed E-state index contributed by atoms with van der Waals surface area (Å²) in [6.07, 6.45) is 1.75. The first-order valence-electron chi connectivity index (χ1n) is 4.39. The fraction of sp³-hybridized carbons (Fsp3) is 0.0909. The molecule has 0 atom stereocenters. The first kappa shape index (κ1) is 10.8. The van der Waals surface area contributed by atoms with Crippen molar-refractivity contribution in [3.8, 4) is 10.4 Å². The number of aryl methyl sites for hydroxylation is 1. The van der Waals surface area contributed by atoms with Crippen molar-refractivity contribution in [1.29, 1.82) is 0 Å². The Hall–Kier alpha value is -0.750. The summed E-state index contributed by atoms with van der Waals surface area (Å²) in [4.78, 5) is 16.2. The molecule has 4 heteroatoms. The van der Waals surface area contributed by atoms with Crippen LogP contribution in [0.2, 0.25) is 0 Å². The van der Waals surface area contributed by atoms with Gasteiger partial charge in [0, 0.05) is 28.8 Å². The average molecular weight is 329 g/mol. The third kappa shape index (κ3) is 2.43. The van der Waals surface area contributed by atoms with E-state index in [1.165, 1.54) is 16.9 Å². The number of aromatic nitrogens is 1. The topological polar surface area (TPSA) is 30.0 Å². The van der Waals surface area contributed by atoms with Crippen molar-refractivity contribution < 1.29 is 4.79 Å². The van der Waals surface area contributed by atoms with Crippen molar-refractivity contribution >= 4 is 37.7 Å². The number of thiazole rings is 1. The lowest BCUT2D eigenvalue weighted by atomic mass is 10.1. The highest BCUT2D eigenvalue weighted by Gasteiger charge is 2.08. The third-order valence-corrected chi connectivity index (χ3v) is 3.93. The van der Waals surface area contributed by atoms with Crippen LogP contribution in [0.4, 0.5) is 0 Å². The van der Waals surface area contributed by atoms with Gasteiger partial charge >= 0.3 is 0 Å².